The van der Waals surface area contributed by atoms with E-state index in [4.69, 9.17) is 14.6 Å². The summed E-state index contributed by atoms with van der Waals surface area (Å²) in [6.07, 6.45) is 0.687. The van der Waals surface area contributed by atoms with Crippen molar-refractivity contribution in [2.75, 3.05) is 33.4 Å². The monoisotopic (exact) mass is 283 g/mol. The number of nitrogens with zero attached hydrogens (tertiary/aromatic N) is 1. The Labute approximate surface area is 116 Å². The van der Waals surface area contributed by atoms with Crippen LogP contribution in [0.1, 0.15) is 6.42 Å². The molecule has 2 rings (SSSR count). The van der Waals surface area contributed by atoms with Gasteiger partial charge in [-0.3, -0.25) is 9.69 Å². The highest BCUT2D eigenvalue weighted by atomic mass is 19.1. The first kappa shape index (κ1) is 14.7. The SMILES string of the molecule is COC1(COc2cccc(F)c2)CCN(CC(=O)O)C1. The number of carboxylic acids is 1. The maximum absolute atomic E-state index is 13.1. The predicted octanol–water partition coefficient (Wildman–Crippen LogP) is 1.38. The summed E-state index contributed by atoms with van der Waals surface area (Å²) in [7, 11) is 1.58. The van der Waals surface area contributed by atoms with E-state index in [-0.39, 0.29) is 19.0 Å². The number of halogens is 1. The number of carboxylic acid groups (broad SMARTS) is 1. The lowest BCUT2D eigenvalue weighted by Gasteiger charge is -2.27. The minimum absolute atomic E-state index is 0.00885. The van der Waals surface area contributed by atoms with Crippen molar-refractivity contribution in [2.24, 2.45) is 0 Å². The smallest absolute Gasteiger partial charge is 0.317 e. The number of likely N-dealkylation sites (tertiary alicyclic amines) is 1. The van der Waals surface area contributed by atoms with Crippen LogP contribution in [0.2, 0.25) is 0 Å². The average Bonchev–Trinajstić information content (AvgIpc) is 2.80. The van der Waals surface area contributed by atoms with Crippen molar-refractivity contribution in [3.8, 4) is 5.75 Å². The number of aliphatic carboxylic acids is 1. The molecule has 1 atom stereocenters. The normalized spacial score (nSPS) is 22.9. The van der Waals surface area contributed by atoms with E-state index in [9.17, 15) is 9.18 Å². The van der Waals surface area contributed by atoms with Gasteiger partial charge >= 0.3 is 5.97 Å². The summed E-state index contributed by atoms with van der Waals surface area (Å²) in [5.74, 6) is -0.769. The van der Waals surface area contributed by atoms with Gasteiger partial charge in [-0.1, -0.05) is 6.07 Å². The molecular formula is C14H18FNO4. The van der Waals surface area contributed by atoms with E-state index in [1.807, 2.05) is 0 Å². The summed E-state index contributed by atoms with van der Waals surface area (Å²) in [6, 6.07) is 5.92. The summed E-state index contributed by atoms with van der Waals surface area (Å²) < 4.78 is 24.2. The first-order valence-electron chi connectivity index (χ1n) is 6.41. The lowest BCUT2D eigenvalue weighted by molar-refractivity contribution is -0.138. The molecule has 1 aromatic carbocycles. The summed E-state index contributed by atoms with van der Waals surface area (Å²) >= 11 is 0. The van der Waals surface area contributed by atoms with Crippen LogP contribution < -0.4 is 4.74 Å². The van der Waals surface area contributed by atoms with Gasteiger partial charge in [0, 0.05) is 26.3 Å². The molecular weight excluding hydrogens is 265 g/mol. The maximum atomic E-state index is 13.1. The molecule has 0 aromatic heterocycles. The van der Waals surface area contributed by atoms with Crippen LogP contribution in [0.5, 0.6) is 5.75 Å². The van der Waals surface area contributed by atoms with Crippen molar-refractivity contribution in [1.29, 1.82) is 0 Å². The standard InChI is InChI=1S/C14H18FNO4/c1-19-14(5-6-16(9-14)8-13(17)18)10-20-12-4-2-3-11(15)7-12/h2-4,7H,5-6,8-10H2,1H3,(H,17,18). The molecule has 0 amide bonds. The van der Waals surface area contributed by atoms with E-state index in [2.05, 4.69) is 0 Å². The Morgan fingerprint density at radius 3 is 3.00 bits per heavy atom. The van der Waals surface area contributed by atoms with Crippen molar-refractivity contribution in [2.45, 2.75) is 12.0 Å². The second kappa shape index (κ2) is 6.19. The quantitative estimate of drug-likeness (QED) is 0.854. The third kappa shape index (κ3) is 3.68. The summed E-state index contributed by atoms with van der Waals surface area (Å²) in [4.78, 5) is 12.5. The number of hydrogen-bond donors (Lipinski definition) is 1. The summed E-state index contributed by atoms with van der Waals surface area (Å²) in [5.41, 5.74) is -0.540. The molecule has 0 saturated carbocycles. The molecule has 5 nitrogen and oxygen atoms in total. The number of rotatable bonds is 6. The van der Waals surface area contributed by atoms with Crippen LogP contribution in [0.25, 0.3) is 0 Å². The molecule has 1 heterocycles. The zero-order valence-electron chi connectivity index (χ0n) is 11.3. The Balaban J connectivity index is 1.94. The number of benzene rings is 1. The van der Waals surface area contributed by atoms with Crippen LogP contribution in [0.15, 0.2) is 24.3 Å². The fraction of sp³-hybridized carbons (Fsp3) is 0.500. The van der Waals surface area contributed by atoms with Gasteiger partial charge in [-0.2, -0.15) is 0 Å². The van der Waals surface area contributed by atoms with Crippen molar-refractivity contribution >= 4 is 5.97 Å². The molecule has 20 heavy (non-hydrogen) atoms. The number of hydrogen-bond acceptors (Lipinski definition) is 4. The number of methoxy groups -OCH3 is 1. The Morgan fingerprint density at radius 2 is 2.35 bits per heavy atom. The zero-order valence-corrected chi connectivity index (χ0v) is 11.3. The minimum atomic E-state index is -0.858. The molecule has 6 heteroatoms. The van der Waals surface area contributed by atoms with Crippen molar-refractivity contribution < 1.29 is 23.8 Å². The van der Waals surface area contributed by atoms with E-state index < -0.39 is 11.6 Å². The molecule has 0 aliphatic carbocycles. The van der Waals surface area contributed by atoms with Crippen LogP contribution in [-0.4, -0.2) is 54.9 Å². The Hall–Kier alpha value is -1.66. The van der Waals surface area contributed by atoms with Gasteiger partial charge in [0.25, 0.3) is 0 Å². The van der Waals surface area contributed by atoms with E-state index in [0.717, 1.165) is 0 Å². The van der Waals surface area contributed by atoms with Gasteiger partial charge in [0.2, 0.25) is 0 Å². The van der Waals surface area contributed by atoms with Crippen molar-refractivity contribution in [3.05, 3.63) is 30.1 Å². The number of ether oxygens (including phenoxy) is 2. The molecule has 110 valence electrons. The largest absolute Gasteiger partial charge is 0.490 e. The molecule has 1 unspecified atom stereocenters. The predicted molar refractivity (Wildman–Crippen MR) is 70.3 cm³/mol. The third-order valence-corrected chi connectivity index (χ3v) is 3.49. The van der Waals surface area contributed by atoms with Gasteiger partial charge in [-0.25, -0.2) is 4.39 Å². The third-order valence-electron chi connectivity index (χ3n) is 3.49. The lowest BCUT2D eigenvalue weighted by Crippen LogP contribution is -2.42. The minimum Gasteiger partial charge on any atom is -0.490 e. The summed E-state index contributed by atoms with van der Waals surface area (Å²) in [5, 5.41) is 8.80. The van der Waals surface area contributed by atoms with Crippen LogP contribution in [0.3, 0.4) is 0 Å². The Morgan fingerprint density at radius 1 is 1.55 bits per heavy atom. The lowest BCUT2D eigenvalue weighted by atomic mass is 10.0. The Bertz CT molecular complexity index is 482. The maximum Gasteiger partial charge on any atom is 0.317 e. The molecule has 0 radical (unpaired) electrons. The van der Waals surface area contributed by atoms with Gasteiger partial charge in [-0.15, -0.1) is 0 Å². The molecule has 1 aliphatic rings. The van der Waals surface area contributed by atoms with Crippen molar-refractivity contribution in [1.82, 2.24) is 4.90 Å². The first-order valence-corrected chi connectivity index (χ1v) is 6.41. The molecule has 1 fully saturated rings. The molecule has 0 spiro atoms. The van der Waals surface area contributed by atoms with Crippen LogP contribution in [-0.2, 0) is 9.53 Å². The van der Waals surface area contributed by atoms with Gasteiger partial charge < -0.3 is 14.6 Å². The van der Waals surface area contributed by atoms with Gasteiger partial charge in [0.05, 0.1) is 6.54 Å². The van der Waals surface area contributed by atoms with Crippen LogP contribution in [0, 0.1) is 5.82 Å². The molecule has 1 aromatic rings. The van der Waals surface area contributed by atoms with Gasteiger partial charge in [-0.05, 0) is 18.6 Å². The van der Waals surface area contributed by atoms with Crippen LogP contribution in [0.4, 0.5) is 4.39 Å². The first-order chi connectivity index (χ1) is 9.53. The van der Waals surface area contributed by atoms with Crippen molar-refractivity contribution in [3.63, 3.8) is 0 Å². The fourth-order valence-corrected chi connectivity index (χ4v) is 2.37. The second-order valence-corrected chi connectivity index (χ2v) is 4.99. The average molecular weight is 283 g/mol. The van der Waals surface area contributed by atoms with E-state index in [1.165, 1.54) is 12.1 Å². The molecule has 1 aliphatic heterocycles. The Kier molecular flexibility index (Phi) is 4.57. The summed E-state index contributed by atoms with van der Waals surface area (Å²) in [6.45, 7) is 1.39. The molecule has 1 saturated heterocycles. The van der Waals surface area contributed by atoms with E-state index in [0.29, 0.717) is 25.3 Å². The zero-order chi connectivity index (χ0) is 14.6. The van der Waals surface area contributed by atoms with Crippen LogP contribution >= 0.6 is 0 Å². The molecule has 0 bridgehead atoms. The highest BCUT2D eigenvalue weighted by molar-refractivity contribution is 5.69. The molecule has 1 N–H and O–H groups in total. The van der Waals surface area contributed by atoms with E-state index >= 15 is 0 Å². The second-order valence-electron chi connectivity index (χ2n) is 4.99. The highest BCUT2D eigenvalue weighted by Crippen LogP contribution is 2.26. The van der Waals surface area contributed by atoms with Gasteiger partial charge in [0.1, 0.15) is 23.8 Å². The topological polar surface area (TPSA) is 59.0 Å². The fourth-order valence-electron chi connectivity index (χ4n) is 2.37. The van der Waals surface area contributed by atoms with E-state index in [1.54, 1.807) is 24.1 Å². The van der Waals surface area contributed by atoms with Gasteiger partial charge in [0.15, 0.2) is 0 Å². The highest BCUT2D eigenvalue weighted by Gasteiger charge is 2.39. The number of carbonyl (C=O) groups is 1.